The van der Waals surface area contributed by atoms with Crippen LogP contribution < -0.4 is 5.73 Å². The van der Waals surface area contributed by atoms with Gasteiger partial charge in [0.05, 0.1) is 6.20 Å². The molecule has 0 unspecified atom stereocenters. The van der Waals surface area contributed by atoms with Gasteiger partial charge < -0.3 is 10.8 Å². The van der Waals surface area contributed by atoms with Crippen LogP contribution in [0.4, 0.5) is 10.2 Å². The monoisotopic (exact) mass is 271 g/mol. The molecule has 0 spiro atoms. The molecule has 18 heavy (non-hydrogen) atoms. The normalized spacial score (nSPS) is 11.7. The van der Waals surface area contributed by atoms with Crippen LogP contribution in [-0.2, 0) is 9.84 Å². The first-order valence-electron chi connectivity index (χ1n) is 4.82. The lowest BCUT2D eigenvalue weighted by Crippen LogP contribution is -2.01. The van der Waals surface area contributed by atoms with E-state index in [1.807, 2.05) is 0 Å². The van der Waals surface area contributed by atoms with Gasteiger partial charge in [0.1, 0.15) is 22.3 Å². The van der Waals surface area contributed by atoms with Gasteiger partial charge in [0.2, 0.25) is 0 Å². The van der Waals surface area contributed by atoms with Gasteiger partial charge in [-0.25, -0.2) is 12.8 Å². The summed E-state index contributed by atoms with van der Waals surface area (Å²) in [5.74, 6) is -1.19. The number of nitrogen functional groups attached to an aromatic ring is 1. The molecule has 0 saturated heterocycles. The van der Waals surface area contributed by atoms with Crippen LogP contribution in [0.5, 0.6) is 5.75 Å². The van der Waals surface area contributed by atoms with Gasteiger partial charge in [-0.3, -0.25) is 5.10 Å². The van der Waals surface area contributed by atoms with E-state index in [-0.39, 0.29) is 17.1 Å². The molecule has 0 amide bonds. The minimum absolute atomic E-state index is 0.0751. The van der Waals surface area contributed by atoms with E-state index in [2.05, 4.69) is 10.2 Å². The second-order valence-electron chi connectivity index (χ2n) is 3.77. The highest BCUT2D eigenvalue weighted by Gasteiger charge is 2.19. The number of anilines is 1. The third kappa shape index (κ3) is 2.02. The van der Waals surface area contributed by atoms with Crippen LogP contribution in [0.25, 0.3) is 11.1 Å². The molecule has 96 valence electrons. The van der Waals surface area contributed by atoms with E-state index in [1.54, 1.807) is 0 Å². The molecule has 1 aromatic heterocycles. The summed E-state index contributed by atoms with van der Waals surface area (Å²) in [5.41, 5.74) is 5.92. The topological polar surface area (TPSA) is 109 Å². The Bertz CT molecular complexity index is 709. The van der Waals surface area contributed by atoms with Crippen LogP contribution in [0.15, 0.2) is 23.2 Å². The van der Waals surface area contributed by atoms with Crippen LogP contribution in [0.2, 0.25) is 0 Å². The first-order valence-corrected chi connectivity index (χ1v) is 6.71. The van der Waals surface area contributed by atoms with Gasteiger partial charge in [0.25, 0.3) is 0 Å². The summed E-state index contributed by atoms with van der Waals surface area (Å²) in [6, 6.07) is 1.76. The van der Waals surface area contributed by atoms with Crippen molar-refractivity contribution in [1.29, 1.82) is 0 Å². The summed E-state index contributed by atoms with van der Waals surface area (Å²) in [6.07, 6.45) is 2.17. The number of aromatic amines is 1. The van der Waals surface area contributed by atoms with Crippen molar-refractivity contribution in [3.05, 3.63) is 24.1 Å². The summed E-state index contributed by atoms with van der Waals surface area (Å²) < 4.78 is 36.2. The maximum atomic E-state index is 13.7. The lowest BCUT2D eigenvalue weighted by molar-refractivity contribution is 0.470. The Kier molecular flexibility index (Phi) is 2.74. The number of H-pyrrole nitrogens is 1. The molecule has 2 rings (SSSR count). The fraction of sp³-hybridized carbons (Fsp3) is 0.100. The fourth-order valence-corrected chi connectivity index (χ4v) is 2.29. The quantitative estimate of drug-likeness (QED) is 0.752. The maximum absolute atomic E-state index is 13.7. The molecule has 0 saturated carbocycles. The fourth-order valence-electron chi connectivity index (χ4n) is 1.55. The average Bonchev–Trinajstić information content (AvgIpc) is 2.66. The zero-order valence-corrected chi connectivity index (χ0v) is 10.1. The highest BCUT2D eigenvalue weighted by Crippen LogP contribution is 2.35. The van der Waals surface area contributed by atoms with Gasteiger partial charge in [-0.05, 0) is 6.07 Å². The number of hydrogen-bond donors (Lipinski definition) is 3. The number of nitrogens with zero attached hydrogens (tertiary/aromatic N) is 1. The van der Waals surface area contributed by atoms with Crippen molar-refractivity contribution >= 4 is 15.7 Å². The van der Waals surface area contributed by atoms with Crippen molar-refractivity contribution in [2.24, 2.45) is 0 Å². The number of phenols is 1. The summed E-state index contributed by atoms with van der Waals surface area (Å²) in [6.45, 7) is 0. The summed E-state index contributed by atoms with van der Waals surface area (Å²) in [7, 11) is -3.74. The molecule has 0 fully saturated rings. The number of halogens is 1. The Morgan fingerprint density at radius 2 is 2.06 bits per heavy atom. The first kappa shape index (κ1) is 12.4. The van der Waals surface area contributed by atoms with Crippen molar-refractivity contribution in [3.63, 3.8) is 0 Å². The highest BCUT2D eigenvalue weighted by molar-refractivity contribution is 7.90. The second-order valence-corrected chi connectivity index (χ2v) is 5.75. The SMILES string of the molecule is CS(=O)(=O)c1cc(O)c(-c2cn[nH]c2N)cc1F. The smallest absolute Gasteiger partial charge is 0.178 e. The number of phenolic OH excluding ortho intramolecular Hbond substituents is 1. The van der Waals surface area contributed by atoms with E-state index in [4.69, 9.17) is 5.73 Å². The van der Waals surface area contributed by atoms with Gasteiger partial charge in [-0.2, -0.15) is 5.10 Å². The van der Waals surface area contributed by atoms with E-state index < -0.39 is 20.5 Å². The minimum Gasteiger partial charge on any atom is -0.507 e. The number of aromatic hydroxyl groups is 1. The molecular formula is C10H10FN3O3S. The lowest BCUT2D eigenvalue weighted by atomic mass is 10.1. The van der Waals surface area contributed by atoms with Gasteiger partial charge in [-0.1, -0.05) is 0 Å². The maximum Gasteiger partial charge on any atom is 0.178 e. The molecule has 0 atom stereocenters. The number of benzene rings is 1. The summed E-state index contributed by atoms with van der Waals surface area (Å²) >= 11 is 0. The second kappa shape index (κ2) is 3.98. The van der Waals surface area contributed by atoms with E-state index in [9.17, 15) is 17.9 Å². The van der Waals surface area contributed by atoms with Crippen LogP contribution in [0, 0.1) is 5.82 Å². The number of sulfone groups is 1. The Labute approximate surface area is 102 Å². The third-order valence-corrected chi connectivity index (χ3v) is 3.52. The number of nitrogens with two attached hydrogens (primary N) is 1. The first-order chi connectivity index (χ1) is 8.30. The number of nitrogens with one attached hydrogen (secondary N) is 1. The molecule has 1 aromatic carbocycles. The van der Waals surface area contributed by atoms with Crippen LogP contribution >= 0.6 is 0 Å². The summed E-state index contributed by atoms with van der Waals surface area (Å²) in [4.78, 5) is -0.564. The van der Waals surface area contributed by atoms with Crippen molar-refractivity contribution in [2.75, 3.05) is 12.0 Å². The molecule has 4 N–H and O–H groups in total. The predicted octanol–water partition coefficient (Wildman–Crippen LogP) is 0.907. The molecule has 2 aromatic rings. The lowest BCUT2D eigenvalue weighted by Gasteiger charge is -2.07. The van der Waals surface area contributed by atoms with Crippen LogP contribution in [-0.4, -0.2) is 30.0 Å². The van der Waals surface area contributed by atoms with Gasteiger partial charge >= 0.3 is 0 Å². The Morgan fingerprint density at radius 3 is 2.56 bits per heavy atom. The van der Waals surface area contributed by atoms with Gasteiger partial charge in [0.15, 0.2) is 9.84 Å². The number of rotatable bonds is 2. The molecule has 8 heteroatoms. The molecule has 0 aliphatic carbocycles. The van der Waals surface area contributed by atoms with Crippen LogP contribution in [0.3, 0.4) is 0 Å². The molecule has 0 bridgehead atoms. The van der Waals surface area contributed by atoms with E-state index in [0.29, 0.717) is 5.56 Å². The molecule has 6 nitrogen and oxygen atoms in total. The standard InChI is InChI=1S/C10H10FN3O3S/c1-18(16,17)9-3-8(15)5(2-7(9)11)6-4-13-14-10(6)12/h2-4,15H,1H3,(H3,12,13,14). The summed E-state index contributed by atoms with van der Waals surface area (Å²) in [5, 5.41) is 15.8. The van der Waals surface area contributed by atoms with Gasteiger partial charge in [-0.15, -0.1) is 0 Å². The highest BCUT2D eigenvalue weighted by atomic mass is 32.2. The van der Waals surface area contributed by atoms with Gasteiger partial charge in [0, 0.05) is 23.4 Å². The Hall–Kier alpha value is -2.09. The van der Waals surface area contributed by atoms with Crippen molar-refractivity contribution < 1.29 is 17.9 Å². The van der Waals surface area contributed by atoms with Crippen molar-refractivity contribution in [2.45, 2.75) is 4.90 Å². The van der Waals surface area contributed by atoms with E-state index >= 15 is 0 Å². The van der Waals surface area contributed by atoms with E-state index in [0.717, 1.165) is 18.4 Å². The van der Waals surface area contributed by atoms with Crippen molar-refractivity contribution in [1.82, 2.24) is 10.2 Å². The Balaban J connectivity index is 2.68. The molecule has 0 aliphatic heterocycles. The third-order valence-electron chi connectivity index (χ3n) is 2.41. The zero-order valence-electron chi connectivity index (χ0n) is 9.31. The van der Waals surface area contributed by atoms with Crippen LogP contribution in [0.1, 0.15) is 0 Å². The Morgan fingerprint density at radius 1 is 1.39 bits per heavy atom. The largest absolute Gasteiger partial charge is 0.507 e. The number of aromatic nitrogens is 2. The van der Waals surface area contributed by atoms with Crippen molar-refractivity contribution in [3.8, 4) is 16.9 Å². The predicted molar refractivity (Wildman–Crippen MR) is 63.2 cm³/mol. The molecule has 1 heterocycles. The molecule has 0 radical (unpaired) electrons. The number of hydrogen-bond acceptors (Lipinski definition) is 5. The van der Waals surface area contributed by atoms with E-state index in [1.165, 1.54) is 6.20 Å². The zero-order chi connectivity index (χ0) is 13.5. The minimum atomic E-state index is -3.74. The molecule has 0 aliphatic rings. The molecular weight excluding hydrogens is 261 g/mol. The average molecular weight is 271 g/mol.